The summed E-state index contributed by atoms with van der Waals surface area (Å²) < 4.78 is 40.4. The largest absolute Gasteiger partial charge is 0.444 e. The maximum absolute atomic E-state index is 15.0. The Bertz CT molecular complexity index is 1020. The van der Waals surface area contributed by atoms with E-state index < -0.39 is 23.8 Å². The zero-order chi connectivity index (χ0) is 24.8. The lowest BCUT2D eigenvalue weighted by atomic mass is 10.1. The van der Waals surface area contributed by atoms with Gasteiger partial charge in [-0.1, -0.05) is 18.2 Å². The number of carbonyl (C=O) groups is 2. The van der Waals surface area contributed by atoms with Crippen molar-refractivity contribution in [3.63, 3.8) is 0 Å². The molecule has 2 aliphatic heterocycles. The first kappa shape index (κ1) is 25.3. The zero-order valence-electron chi connectivity index (χ0n) is 19.0. The van der Waals surface area contributed by atoms with Crippen molar-refractivity contribution in [3.8, 4) is 0 Å². The smallest absolute Gasteiger partial charge is 0.414 e. The monoisotopic (exact) mass is 509 g/mol. The molecule has 35 heavy (non-hydrogen) atoms. The third kappa shape index (κ3) is 6.67. The van der Waals surface area contributed by atoms with Crippen LogP contribution in [0, 0.1) is 11.6 Å². The van der Waals surface area contributed by atoms with Crippen LogP contribution in [-0.4, -0.2) is 56.0 Å². The summed E-state index contributed by atoms with van der Waals surface area (Å²) in [5.74, 6) is -1.65. The fourth-order valence-electron chi connectivity index (χ4n) is 3.74. The van der Waals surface area contributed by atoms with E-state index in [1.807, 2.05) is 30.3 Å². The van der Waals surface area contributed by atoms with Gasteiger partial charge in [0.1, 0.15) is 17.6 Å². The van der Waals surface area contributed by atoms with Gasteiger partial charge in [-0.05, 0) is 30.7 Å². The van der Waals surface area contributed by atoms with E-state index in [2.05, 4.69) is 0 Å². The Labute approximate surface area is 205 Å². The normalized spacial score (nSPS) is 19.1. The second kappa shape index (κ2) is 11.8. The molecule has 1 atom stereocenters. The Morgan fingerprint density at radius 1 is 1.14 bits per heavy atom. The number of amides is 1. The minimum atomic E-state index is -0.815. The van der Waals surface area contributed by atoms with Gasteiger partial charge in [0.05, 0.1) is 37.4 Å². The van der Waals surface area contributed by atoms with Gasteiger partial charge in [0.25, 0.3) is 0 Å². The number of benzene rings is 2. The summed E-state index contributed by atoms with van der Waals surface area (Å²) in [4.78, 5) is 37.5. The number of hydrogen-bond donors (Lipinski definition) is 0. The van der Waals surface area contributed by atoms with E-state index in [4.69, 9.17) is 18.9 Å². The van der Waals surface area contributed by atoms with Crippen LogP contribution in [0.25, 0.3) is 0 Å². The van der Waals surface area contributed by atoms with E-state index in [1.165, 1.54) is 16.7 Å². The molecule has 12 heteroatoms. The highest BCUT2D eigenvalue weighted by molar-refractivity contribution is 7.94. The maximum atomic E-state index is 15.0. The van der Waals surface area contributed by atoms with E-state index in [1.54, 1.807) is 0 Å². The first-order valence-electron chi connectivity index (χ1n) is 11.1. The number of anilines is 2. The molecular formula is C23H25F2N3O6S. The standard InChI is InChI=1S/C23H25F2N3O6S/c1-16(29)7-8-18-15-27(23(30)32-18)17-13-20(24)22(21(25)14-17)26-9-10-28(31-12-11-26)33-34-35-19-5-3-2-4-6-19/h2-6,13-14,18H,7-12,15H2,1H3/t18-/m0/s1. The summed E-state index contributed by atoms with van der Waals surface area (Å²) in [6.45, 7) is 2.24. The Morgan fingerprint density at radius 2 is 1.89 bits per heavy atom. The number of nitrogens with zero attached hydrogens (tertiary/aromatic N) is 3. The van der Waals surface area contributed by atoms with Crippen LogP contribution in [0.5, 0.6) is 0 Å². The predicted octanol–water partition coefficient (Wildman–Crippen LogP) is 4.28. The van der Waals surface area contributed by atoms with Gasteiger partial charge in [0.15, 0.2) is 11.6 Å². The van der Waals surface area contributed by atoms with E-state index in [0.29, 0.717) is 6.42 Å². The highest BCUT2D eigenvalue weighted by Gasteiger charge is 2.34. The summed E-state index contributed by atoms with van der Waals surface area (Å²) in [6.07, 6.45) is -0.579. The average Bonchev–Trinajstić information content (AvgIpc) is 3.05. The van der Waals surface area contributed by atoms with Crippen LogP contribution in [0.4, 0.5) is 25.0 Å². The second-order valence-electron chi connectivity index (χ2n) is 8.03. The molecule has 0 aromatic heterocycles. The molecule has 4 rings (SSSR count). The molecule has 0 aliphatic carbocycles. The minimum Gasteiger partial charge on any atom is -0.444 e. The number of hydrogen-bond acceptors (Lipinski definition) is 9. The topological polar surface area (TPSA) is 80.8 Å². The number of halogens is 2. The van der Waals surface area contributed by atoms with Gasteiger partial charge in [0, 0.05) is 36.5 Å². The second-order valence-corrected chi connectivity index (χ2v) is 8.80. The van der Waals surface area contributed by atoms with Crippen molar-refractivity contribution in [2.75, 3.05) is 42.6 Å². The van der Waals surface area contributed by atoms with Crippen LogP contribution < -0.4 is 9.80 Å². The Kier molecular flexibility index (Phi) is 8.52. The first-order valence-corrected chi connectivity index (χ1v) is 11.8. The summed E-state index contributed by atoms with van der Waals surface area (Å²) in [5.41, 5.74) is -0.166. The SMILES string of the molecule is CC(=O)CC[C@H]1CN(c2cc(F)c(N3CCON(OOSc4ccccc4)CC3)c(F)c2)C(=O)O1. The first-order chi connectivity index (χ1) is 16.9. The molecule has 0 N–H and O–H groups in total. The van der Waals surface area contributed by atoms with Crippen molar-refractivity contribution in [1.82, 2.24) is 5.23 Å². The summed E-state index contributed by atoms with van der Waals surface area (Å²) in [7, 11) is 0. The molecule has 0 unspecified atom stereocenters. The quantitative estimate of drug-likeness (QED) is 0.279. The molecule has 2 aromatic carbocycles. The fraction of sp³-hybridized carbons (Fsp3) is 0.391. The van der Waals surface area contributed by atoms with Crippen LogP contribution in [0.3, 0.4) is 0 Å². The number of ketones is 1. The van der Waals surface area contributed by atoms with Gasteiger partial charge in [-0.25, -0.2) is 13.6 Å². The molecule has 1 amide bonds. The van der Waals surface area contributed by atoms with Crippen LogP contribution in [-0.2, 0) is 23.7 Å². The van der Waals surface area contributed by atoms with Crippen molar-refractivity contribution in [3.05, 3.63) is 54.1 Å². The lowest BCUT2D eigenvalue weighted by Gasteiger charge is -2.24. The van der Waals surface area contributed by atoms with Crippen molar-refractivity contribution in [1.29, 1.82) is 0 Å². The van der Waals surface area contributed by atoms with Crippen LogP contribution >= 0.6 is 12.0 Å². The molecule has 188 valence electrons. The van der Waals surface area contributed by atoms with Crippen LogP contribution in [0.2, 0.25) is 0 Å². The van der Waals surface area contributed by atoms with E-state index in [-0.39, 0.29) is 56.4 Å². The highest BCUT2D eigenvalue weighted by Crippen LogP contribution is 2.32. The third-order valence-corrected chi connectivity index (χ3v) is 6.05. The Balaban J connectivity index is 1.35. The van der Waals surface area contributed by atoms with Crippen molar-refractivity contribution >= 4 is 35.3 Å². The molecule has 2 aliphatic rings. The fourth-order valence-corrected chi connectivity index (χ4v) is 4.18. The van der Waals surface area contributed by atoms with Gasteiger partial charge in [-0.15, -0.1) is 9.32 Å². The predicted molar refractivity (Wildman–Crippen MR) is 123 cm³/mol. The van der Waals surface area contributed by atoms with Crippen LogP contribution in [0.1, 0.15) is 19.8 Å². The minimum absolute atomic E-state index is 0.0205. The third-order valence-electron chi connectivity index (χ3n) is 5.46. The molecule has 0 spiro atoms. The van der Waals surface area contributed by atoms with Gasteiger partial charge in [0.2, 0.25) is 0 Å². The maximum Gasteiger partial charge on any atom is 0.414 e. The van der Waals surface area contributed by atoms with Crippen molar-refractivity contribution in [2.24, 2.45) is 0 Å². The molecule has 2 heterocycles. The van der Waals surface area contributed by atoms with Gasteiger partial charge < -0.3 is 14.4 Å². The summed E-state index contributed by atoms with van der Waals surface area (Å²) in [5, 5.41) is 1.11. The number of hydroxylamine groups is 2. The molecule has 2 fully saturated rings. The summed E-state index contributed by atoms with van der Waals surface area (Å²) >= 11 is 1.00. The van der Waals surface area contributed by atoms with Gasteiger partial charge in [-0.3, -0.25) is 9.74 Å². The lowest BCUT2D eigenvalue weighted by molar-refractivity contribution is -0.477. The molecule has 0 bridgehead atoms. The average molecular weight is 510 g/mol. The summed E-state index contributed by atoms with van der Waals surface area (Å²) in [6, 6.07) is 11.5. The van der Waals surface area contributed by atoms with E-state index in [0.717, 1.165) is 34.3 Å². The molecule has 2 saturated heterocycles. The molecule has 2 aromatic rings. The van der Waals surface area contributed by atoms with E-state index >= 15 is 8.78 Å². The zero-order valence-corrected chi connectivity index (χ0v) is 19.8. The molecule has 9 nitrogen and oxygen atoms in total. The number of carbonyl (C=O) groups excluding carboxylic acids is 2. The van der Waals surface area contributed by atoms with E-state index in [9.17, 15) is 9.59 Å². The highest BCUT2D eigenvalue weighted by atomic mass is 32.2. The van der Waals surface area contributed by atoms with Gasteiger partial charge >= 0.3 is 6.09 Å². The molecule has 0 radical (unpaired) electrons. The van der Waals surface area contributed by atoms with Crippen LogP contribution in [0.15, 0.2) is 47.4 Å². The number of cyclic esters (lactones) is 1. The lowest BCUT2D eigenvalue weighted by Crippen LogP contribution is -2.32. The number of Topliss-reactive ketones (excluding diaryl/α,β-unsaturated/α-hetero) is 1. The van der Waals surface area contributed by atoms with Crippen molar-refractivity contribution < 1.29 is 37.3 Å². The van der Waals surface area contributed by atoms with Crippen molar-refractivity contribution in [2.45, 2.75) is 30.8 Å². The Morgan fingerprint density at radius 3 is 2.60 bits per heavy atom. The number of ether oxygens (including phenoxy) is 1. The van der Waals surface area contributed by atoms with Gasteiger partial charge in [-0.2, -0.15) is 0 Å². The molecular weight excluding hydrogens is 484 g/mol. The number of rotatable bonds is 9. The molecule has 0 saturated carbocycles. The Hall–Kier alpha value is -2.77.